The van der Waals surface area contributed by atoms with Crippen LogP contribution in [-0.4, -0.2) is 32.1 Å². The number of aliphatic imine (C=N–C) groups is 1. The van der Waals surface area contributed by atoms with Crippen LogP contribution in [0.4, 0.5) is 24.5 Å². The molecule has 1 N–H and O–H groups in total. The van der Waals surface area contributed by atoms with E-state index in [0.717, 1.165) is 35.5 Å². The Balaban J connectivity index is 1.61. The Morgan fingerprint density at radius 1 is 1.17 bits per heavy atom. The van der Waals surface area contributed by atoms with Crippen molar-refractivity contribution in [2.75, 3.05) is 5.32 Å². The smallest absolute Gasteiger partial charge is 0.326 e. The van der Waals surface area contributed by atoms with E-state index in [-0.39, 0.29) is 34.8 Å². The van der Waals surface area contributed by atoms with Gasteiger partial charge in [0.25, 0.3) is 0 Å². The molecule has 1 aliphatic heterocycles. The SMILES string of the molecule is Cc1ccc(NC(=O)C[C@@H]2SC(=Nc3cc(C(F)(F)F)ccc3Cl)N(Cc3ccccn3)C2=O)cc1. The number of hydrogen-bond acceptors (Lipinski definition) is 5. The van der Waals surface area contributed by atoms with Crippen LogP contribution in [0.5, 0.6) is 0 Å². The van der Waals surface area contributed by atoms with Gasteiger partial charge in [-0.15, -0.1) is 0 Å². The van der Waals surface area contributed by atoms with Gasteiger partial charge in [0.2, 0.25) is 11.8 Å². The van der Waals surface area contributed by atoms with Gasteiger partial charge in [-0.05, 0) is 49.4 Å². The molecule has 0 aliphatic carbocycles. The van der Waals surface area contributed by atoms with E-state index in [9.17, 15) is 22.8 Å². The molecule has 0 unspecified atom stereocenters. The van der Waals surface area contributed by atoms with Crippen molar-refractivity contribution in [2.45, 2.75) is 31.3 Å². The van der Waals surface area contributed by atoms with Crippen molar-refractivity contribution in [1.29, 1.82) is 0 Å². The number of carbonyl (C=O) groups is 2. The Morgan fingerprint density at radius 2 is 1.92 bits per heavy atom. The summed E-state index contributed by atoms with van der Waals surface area (Å²) in [5.41, 5.74) is 1.15. The number of aryl methyl sites for hydroxylation is 1. The predicted molar refractivity (Wildman–Crippen MR) is 134 cm³/mol. The van der Waals surface area contributed by atoms with Crippen LogP contribution in [0.15, 0.2) is 71.9 Å². The molecule has 0 radical (unpaired) electrons. The highest BCUT2D eigenvalue weighted by Gasteiger charge is 2.40. The fourth-order valence-corrected chi connectivity index (χ4v) is 4.73. The van der Waals surface area contributed by atoms with E-state index in [1.807, 2.05) is 19.1 Å². The van der Waals surface area contributed by atoms with Crippen LogP contribution >= 0.6 is 23.4 Å². The molecular formula is C25H20ClF3N4O2S. The highest BCUT2D eigenvalue weighted by molar-refractivity contribution is 8.15. The van der Waals surface area contributed by atoms with Gasteiger partial charge < -0.3 is 5.32 Å². The van der Waals surface area contributed by atoms with Crippen LogP contribution < -0.4 is 5.32 Å². The zero-order chi connectivity index (χ0) is 25.9. The third-order valence-electron chi connectivity index (χ3n) is 5.26. The van der Waals surface area contributed by atoms with Gasteiger partial charge >= 0.3 is 6.18 Å². The quantitative estimate of drug-likeness (QED) is 0.409. The Kier molecular flexibility index (Phi) is 7.65. The molecule has 2 heterocycles. The monoisotopic (exact) mass is 532 g/mol. The largest absolute Gasteiger partial charge is 0.416 e. The topological polar surface area (TPSA) is 74.7 Å². The van der Waals surface area contributed by atoms with Crippen LogP contribution in [0, 0.1) is 6.92 Å². The Hall–Kier alpha value is -3.37. The molecule has 3 aromatic rings. The number of thioether (sulfide) groups is 1. The lowest BCUT2D eigenvalue weighted by atomic mass is 10.2. The average molecular weight is 533 g/mol. The van der Waals surface area contributed by atoms with Crippen molar-refractivity contribution in [2.24, 2.45) is 4.99 Å². The molecule has 186 valence electrons. The summed E-state index contributed by atoms with van der Waals surface area (Å²) in [7, 11) is 0. The summed E-state index contributed by atoms with van der Waals surface area (Å²) in [4.78, 5) is 35.7. The van der Waals surface area contributed by atoms with Gasteiger partial charge in [0.1, 0.15) is 5.25 Å². The molecule has 36 heavy (non-hydrogen) atoms. The van der Waals surface area contributed by atoms with Crippen molar-refractivity contribution < 1.29 is 22.8 Å². The number of anilines is 1. The van der Waals surface area contributed by atoms with Crippen LogP contribution in [0.2, 0.25) is 5.02 Å². The molecule has 6 nitrogen and oxygen atoms in total. The molecule has 4 rings (SSSR count). The van der Waals surface area contributed by atoms with E-state index in [0.29, 0.717) is 11.4 Å². The van der Waals surface area contributed by atoms with Gasteiger partial charge in [-0.1, -0.05) is 47.1 Å². The number of halogens is 4. The molecule has 1 fully saturated rings. The number of nitrogens with one attached hydrogen (secondary N) is 1. The molecule has 1 atom stereocenters. The van der Waals surface area contributed by atoms with E-state index < -0.39 is 22.9 Å². The maximum atomic E-state index is 13.3. The van der Waals surface area contributed by atoms with Crippen molar-refractivity contribution in [3.8, 4) is 0 Å². The minimum atomic E-state index is -4.58. The first-order valence-electron chi connectivity index (χ1n) is 10.8. The number of carbonyl (C=O) groups excluding carboxylic acids is 2. The summed E-state index contributed by atoms with van der Waals surface area (Å²) >= 11 is 7.13. The number of hydrogen-bond donors (Lipinski definition) is 1. The summed E-state index contributed by atoms with van der Waals surface area (Å²) in [6.07, 6.45) is -3.16. The van der Waals surface area contributed by atoms with Crippen molar-refractivity contribution in [3.05, 3.63) is 88.7 Å². The van der Waals surface area contributed by atoms with Gasteiger partial charge in [-0.25, -0.2) is 4.99 Å². The highest BCUT2D eigenvalue weighted by Crippen LogP contribution is 2.38. The summed E-state index contributed by atoms with van der Waals surface area (Å²) in [5.74, 6) is -0.771. The minimum Gasteiger partial charge on any atom is -0.326 e. The lowest BCUT2D eigenvalue weighted by Gasteiger charge is -2.16. The van der Waals surface area contributed by atoms with E-state index in [1.54, 1.807) is 36.5 Å². The van der Waals surface area contributed by atoms with Crippen LogP contribution in [0.3, 0.4) is 0 Å². The molecule has 1 aromatic heterocycles. The predicted octanol–water partition coefficient (Wildman–Crippen LogP) is 6.22. The van der Waals surface area contributed by atoms with Gasteiger partial charge in [0.15, 0.2) is 5.17 Å². The number of aromatic nitrogens is 1. The number of amides is 2. The Labute approximate surface area is 214 Å². The second-order valence-corrected chi connectivity index (χ2v) is 9.61. The Morgan fingerprint density at radius 3 is 2.58 bits per heavy atom. The summed E-state index contributed by atoms with van der Waals surface area (Å²) in [6.45, 7) is 1.96. The van der Waals surface area contributed by atoms with Crippen molar-refractivity contribution in [3.63, 3.8) is 0 Å². The standard InChI is InChI=1S/C25H20ClF3N4O2S/c1-15-5-8-17(9-6-15)31-22(34)13-21-23(35)33(14-18-4-2-3-11-30-18)24(36-21)32-20-12-16(25(27,28)29)7-10-19(20)26/h2-12,21H,13-14H2,1H3,(H,31,34)/t21-/m0/s1. The van der Waals surface area contributed by atoms with Gasteiger partial charge in [0.05, 0.1) is 28.5 Å². The number of benzene rings is 2. The van der Waals surface area contributed by atoms with E-state index >= 15 is 0 Å². The first-order valence-corrected chi connectivity index (χ1v) is 12.1. The summed E-state index contributed by atoms with van der Waals surface area (Å²) in [5, 5.41) is 2.08. The van der Waals surface area contributed by atoms with Crippen LogP contribution in [0.25, 0.3) is 0 Å². The Bertz CT molecular complexity index is 1300. The molecule has 1 saturated heterocycles. The normalized spacial score (nSPS) is 17.0. The number of alkyl halides is 3. The summed E-state index contributed by atoms with van der Waals surface area (Å²) < 4.78 is 39.7. The van der Waals surface area contributed by atoms with Crippen molar-refractivity contribution >= 4 is 51.7 Å². The zero-order valence-electron chi connectivity index (χ0n) is 18.9. The fourth-order valence-electron chi connectivity index (χ4n) is 3.42. The average Bonchev–Trinajstić information content (AvgIpc) is 3.10. The van der Waals surface area contributed by atoms with Crippen LogP contribution in [-0.2, 0) is 22.3 Å². The molecule has 0 saturated carbocycles. The lowest BCUT2D eigenvalue weighted by Crippen LogP contribution is -2.33. The fraction of sp³-hybridized carbons (Fsp3) is 0.200. The molecule has 2 aromatic carbocycles. The zero-order valence-corrected chi connectivity index (χ0v) is 20.5. The third-order valence-corrected chi connectivity index (χ3v) is 6.76. The van der Waals surface area contributed by atoms with E-state index in [4.69, 9.17) is 11.6 Å². The van der Waals surface area contributed by atoms with Crippen molar-refractivity contribution in [1.82, 2.24) is 9.88 Å². The second kappa shape index (κ2) is 10.7. The molecule has 1 aliphatic rings. The van der Waals surface area contributed by atoms with Gasteiger partial charge in [-0.2, -0.15) is 13.2 Å². The minimum absolute atomic E-state index is 0.00176. The maximum Gasteiger partial charge on any atom is 0.416 e. The third kappa shape index (κ3) is 6.24. The van der Waals surface area contributed by atoms with E-state index in [1.165, 1.54) is 4.90 Å². The molecule has 11 heteroatoms. The first kappa shape index (κ1) is 25.7. The lowest BCUT2D eigenvalue weighted by molar-refractivity contribution is -0.137. The van der Waals surface area contributed by atoms with Gasteiger partial charge in [-0.3, -0.25) is 19.5 Å². The van der Waals surface area contributed by atoms with E-state index in [2.05, 4.69) is 15.3 Å². The second-order valence-electron chi connectivity index (χ2n) is 8.03. The molecule has 2 amide bonds. The van der Waals surface area contributed by atoms with Crippen LogP contribution in [0.1, 0.15) is 23.2 Å². The number of amidine groups is 1. The molecular weight excluding hydrogens is 513 g/mol. The number of pyridine rings is 1. The maximum absolute atomic E-state index is 13.3. The summed E-state index contributed by atoms with van der Waals surface area (Å²) in [6, 6.07) is 15.2. The van der Waals surface area contributed by atoms with Gasteiger partial charge in [0, 0.05) is 18.3 Å². The number of nitrogens with zero attached hydrogens (tertiary/aromatic N) is 3. The first-order chi connectivity index (χ1) is 17.1. The highest BCUT2D eigenvalue weighted by atomic mass is 35.5. The molecule has 0 bridgehead atoms. The molecule has 0 spiro atoms. The number of rotatable bonds is 6.